The first-order chi connectivity index (χ1) is 12.3. The minimum atomic E-state index is -0.248. The van der Waals surface area contributed by atoms with Crippen LogP contribution in [0.2, 0.25) is 0 Å². The van der Waals surface area contributed by atoms with Gasteiger partial charge in [0.05, 0.1) is 11.2 Å². The summed E-state index contributed by atoms with van der Waals surface area (Å²) >= 11 is 0. The van der Waals surface area contributed by atoms with Crippen LogP contribution in [0.3, 0.4) is 0 Å². The minimum absolute atomic E-state index is 0.248. The lowest BCUT2D eigenvalue weighted by Crippen LogP contribution is -2.26. The third-order valence-corrected chi connectivity index (χ3v) is 3.60. The second-order valence-corrected chi connectivity index (χ2v) is 5.41. The largest absolute Gasteiger partial charge is 0.385 e. The Morgan fingerprint density at radius 2 is 2.00 bits per heavy atom. The predicted octanol–water partition coefficient (Wildman–Crippen LogP) is 2.53. The second kappa shape index (κ2) is 8.16. The highest BCUT2D eigenvalue weighted by Crippen LogP contribution is 2.23. The average Bonchev–Trinajstić information content (AvgIpc) is 2.66. The highest BCUT2D eigenvalue weighted by atomic mass is 16.5. The first kappa shape index (κ1) is 16.8. The summed E-state index contributed by atoms with van der Waals surface area (Å²) in [5.41, 5.74) is 1.97. The second-order valence-electron chi connectivity index (χ2n) is 5.41. The molecule has 1 aromatic carbocycles. The van der Waals surface area contributed by atoms with E-state index in [1.807, 2.05) is 30.3 Å². The average molecular weight is 337 g/mol. The van der Waals surface area contributed by atoms with Crippen molar-refractivity contribution in [2.75, 3.05) is 25.6 Å². The Kier molecular flexibility index (Phi) is 5.48. The van der Waals surface area contributed by atoms with E-state index >= 15 is 0 Å². The molecule has 7 heteroatoms. The van der Waals surface area contributed by atoms with Gasteiger partial charge >= 0.3 is 0 Å². The van der Waals surface area contributed by atoms with Crippen LogP contribution in [0.5, 0.6) is 0 Å². The number of methoxy groups -OCH3 is 1. The number of carbonyl (C=O) groups excluding carboxylic acids is 1. The van der Waals surface area contributed by atoms with Gasteiger partial charge in [0.1, 0.15) is 0 Å². The quantitative estimate of drug-likeness (QED) is 0.644. The molecule has 0 aliphatic carbocycles. The van der Waals surface area contributed by atoms with Crippen molar-refractivity contribution in [2.24, 2.45) is 0 Å². The lowest BCUT2D eigenvalue weighted by Gasteiger charge is -2.08. The van der Waals surface area contributed by atoms with Crippen molar-refractivity contribution in [2.45, 2.75) is 6.42 Å². The zero-order valence-electron chi connectivity index (χ0n) is 13.9. The number of hydrogen-bond acceptors (Lipinski definition) is 6. The third-order valence-electron chi connectivity index (χ3n) is 3.60. The number of fused-ring (bicyclic) bond motifs is 1. The Balaban J connectivity index is 1.67. The molecule has 0 bridgehead atoms. The van der Waals surface area contributed by atoms with Gasteiger partial charge in [-0.1, -0.05) is 18.2 Å². The zero-order valence-corrected chi connectivity index (χ0v) is 13.9. The molecule has 0 radical (unpaired) electrons. The Morgan fingerprint density at radius 3 is 2.80 bits per heavy atom. The van der Waals surface area contributed by atoms with Crippen molar-refractivity contribution in [3.63, 3.8) is 0 Å². The maximum atomic E-state index is 12.0. The predicted molar refractivity (Wildman–Crippen MR) is 95.9 cm³/mol. The van der Waals surface area contributed by atoms with Crippen molar-refractivity contribution in [3.05, 3.63) is 54.4 Å². The van der Waals surface area contributed by atoms with E-state index in [1.54, 1.807) is 25.4 Å². The summed E-state index contributed by atoms with van der Waals surface area (Å²) in [5.74, 6) is 0.302. The molecule has 3 rings (SSSR count). The number of anilines is 2. The molecule has 1 amide bonds. The molecule has 25 heavy (non-hydrogen) atoms. The monoisotopic (exact) mass is 337 g/mol. The standard InChI is InChI=1S/C18H19N5O2/c1-25-12-4-11-20-18(24)15-8-9-16(23-22-15)21-14-7-2-5-13-6-3-10-19-17(13)14/h2-3,5-10H,4,11-12H2,1H3,(H,20,24)(H,21,23). The lowest BCUT2D eigenvalue weighted by molar-refractivity contribution is 0.0942. The van der Waals surface area contributed by atoms with Crippen LogP contribution in [-0.2, 0) is 4.74 Å². The van der Waals surface area contributed by atoms with Crippen LogP contribution in [0.4, 0.5) is 11.5 Å². The van der Waals surface area contributed by atoms with Crippen LogP contribution in [0, 0.1) is 0 Å². The summed E-state index contributed by atoms with van der Waals surface area (Å²) in [6, 6.07) is 13.1. The van der Waals surface area contributed by atoms with Gasteiger partial charge in [0.15, 0.2) is 11.5 Å². The molecule has 0 unspecified atom stereocenters. The fourth-order valence-electron chi connectivity index (χ4n) is 2.37. The van der Waals surface area contributed by atoms with Crippen LogP contribution < -0.4 is 10.6 Å². The Hall–Kier alpha value is -3.06. The first-order valence-corrected chi connectivity index (χ1v) is 7.99. The van der Waals surface area contributed by atoms with E-state index in [2.05, 4.69) is 25.8 Å². The molecule has 0 spiro atoms. The number of hydrogen-bond donors (Lipinski definition) is 2. The maximum Gasteiger partial charge on any atom is 0.271 e. The third kappa shape index (κ3) is 4.27. The molecule has 0 aliphatic rings. The Bertz CT molecular complexity index is 846. The highest BCUT2D eigenvalue weighted by Gasteiger charge is 2.08. The summed E-state index contributed by atoms with van der Waals surface area (Å²) < 4.78 is 4.94. The van der Waals surface area contributed by atoms with E-state index < -0.39 is 0 Å². The molecule has 2 heterocycles. The molecular weight excluding hydrogens is 318 g/mol. The molecule has 0 aliphatic heterocycles. The van der Waals surface area contributed by atoms with E-state index in [4.69, 9.17) is 4.74 Å². The van der Waals surface area contributed by atoms with Gasteiger partial charge in [-0.05, 0) is 30.7 Å². The molecule has 0 saturated heterocycles. The summed E-state index contributed by atoms with van der Waals surface area (Å²) in [7, 11) is 1.63. The van der Waals surface area contributed by atoms with Gasteiger partial charge in [0, 0.05) is 31.8 Å². The van der Waals surface area contributed by atoms with Crippen molar-refractivity contribution < 1.29 is 9.53 Å². The number of benzene rings is 1. The van der Waals surface area contributed by atoms with Crippen LogP contribution in [0.1, 0.15) is 16.9 Å². The number of ether oxygens (including phenoxy) is 1. The number of carbonyl (C=O) groups is 1. The van der Waals surface area contributed by atoms with Crippen molar-refractivity contribution >= 4 is 28.3 Å². The van der Waals surface area contributed by atoms with Gasteiger partial charge in [0.2, 0.25) is 0 Å². The summed E-state index contributed by atoms with van der Waals surface area (Å²) in [6.07, 6.45) is 2.50. The van der Waals surface area contributed by atoms with Crippen LogP contribution in [-0.4, -0.2) is 41.3 Å². The minimum Gasteiger partial charge on any atom is -0.385 e. The molecule has 2 aromatic heterocycles. The normalized spacial score (nSPS) is 10.6. The fraction of sp³-hybridized carbons (Fsp3) is 0.222. The molecule has 7 nitrogen and oxygen atoms in total. The molecule has 0 fully saturated rings. The van der Waals surface area contributed by atoms with Gasteiger partial charge in [-0.2, -0.15) is 0 Å². The molecule has 0 atom stereocenters. The van der Waals surface area contributed by atoms with Crippen LogP contribution >= 0.6 is 0 Å². The number of aromatic nitrogens is 3. The highest BCUT2D eigenvalue weighted by molar-refractivity contribution is 5.93. The van der Waals surface area contributed by atoms with Gasteiger partial charge in [-0.25, -0.2) is 0 Å². The first-order valence-electron chi connectivity index (χ1n) is 7.99. The van der Waals surface area contributed by atoms with Crippen molar-refractivity contribution in [1.82, 2.24) is 20.5 Å². The topological polar surface area (TPSA) is 89.0 Å². The lowest BCUT2D eigenvalue weighted by atomic mass is 10.2. The van der Waals surface area contributed by atoms with E-state index in [9.17, 15) is 4.79 Å². The fourth-order valence-corrected chi connectivity index (χ4v) is 2.37. The smallest absolute Gasteiger partial charge is 0.271 e. The number of para-hydroxylation sites is 1. The zero-order chi connectivity index (χ0) is 17.5. The van der Waals surface area contributed by atoms with Crippen molar-refractivity contribution in [3.8, 4) is 0 Å². The summed E-state index contributed by atoms with van der Waals surface area (Å²) in [6.45, 7) is 1.14. The Labute approximate surface area is 145 Å². The SMILES string of the molecule is COCCCNC(=O)c1ccc(Nc2cccc3cccnc23)nn1. The number of rotatable bonds is 7. The van der Waals surface area contributed by atoms with E-state index in [-0.39, 0.29) is 11.6 Å². The molecular formula is C18H19N5O2. The number of amides is 1. The number of nitrogens with zero attached hydrogens (tertiary/aromatic N) is 3. The number of nitrogens with one attached hydrogen (secondary N) is 2. The molecule has 128 valence electrons. The van der Waals surface area contributed by atoms with Crippen LogP contribution in [0.15, 0.2) is 48.7 Å². The van der Waals surface area contributed by atoms with Crippen molar-refractivity contribution in [1.29, 1.82) is 0 Å². The maximum absolute atomic E-state index is 12.0. The summed E-state index contributed by atoms with van der Waals surface area (Å²) in [4.78, 5) is 16.4. The molecule has 2 N–H and O–H groups in total. The number of pyridine rings is 1. The van der Waals surface area contributed by atoms with Gasteiger partial charge < -0.3 is 15.4 Å². The van der Waals surface area contributed by atoms with E-state index in [0.29, 0.717) is 19.0 Å². The van der Waals surface area contributed by atoms with E-state index in [1.165, 1.54) is 0 Å². The summed E-state index contributed by atoms with van der Waals surface area (Å²) in [5, 5.41) is 15.0. The van der Waals surface area contributed by atoms with Crippen LogP contribution in [0.25, 0.3) is 10.9 Å². The van der Waals surface area contributed by atoms with Gasteiger partial charge in [-0.15, -0.1) is 10.2 Å². The van der Waals surface area contributed by atoms with Gasteiger partial charge in [-0.3, -0.25) is 9.78 Å². The van der Waals surface area contributed by atoms with E-state index in [0.717, 1.165) is 23.0 Å². The molecule has 0 saturated carbocycles. The molecule has 3 aromatic rings. The Morgan fingerprint density at radius 1 is 1.12 bits per heavy atom. The van der Waals surface area contributed by atoms with Gasteiger partial charge in [0.25, 0.3) is 5.91 Å².